The fraction of sp³-hybridized carbons (Fsp3) is 0.462. The van der Waals surface area contributed by atoms with Gasteiger partial charge in [0.1, 0.15) is 5.82 Å². The van der Waals surface area contributed by atoms with Crippen LogP contribution in [0.5, 0.6) is 0 Å². The number of hydrogen-bond donors (Lipinski definition) is 3. The maximum Gasteiger partial charge on any atom is 0.251 e. The van der Waals surface area contributed by atoms with Gasteiger partial charge in [-0.15, -0.1) is 0 Å². The van der Waals surface area contributed by atoms with Crippen LogP contribution in [-0.2, 0) is 4.79 Å². The van der Waals surface area contributed by atoms with Gasteiger partial charge in [-0.05, 0) is 25.5 Å². The maximum atomic E-state index is 12.1. The fourth-order valence-electron chi connectivity index (χ4n) is 1.97. The zero-order valence-electron chi connectivity index (χ0n) is 10.9. The molecule has 1 saturated heterocycles. The number of nitrogens with one attached hydrogen (secondary N) is 3. The van der Waals surface area contributed by atoms with E-state index in [9.17, 15) is 9.59 Å². The van der Waals surface area contributed by atoms with E-state index in [1.165, 1.54) is 0 Å². The lowest BCUT2D eigenvalue weighted by Crippen LogP contribution is -2.47. The number of pyridine rings is 1. The van der Waals surface area contributed by atoms with Gasteiger partial charge in [0, 0.05) is 37.3 Å². The van der Waals surface area contributed by atoms with Crippen molar-refractivity contribution in [1.29, 1.82) is 0 Å². The van der Waals surface area contributed by atoms with Crippen LogP contribution in [0, 0.1) is 0 Å². The quantitative estimate of drug-likeness (QED) is 0.739. The Morgan fingerprint density at radius 2 is 2.42 bits per heavy atom. The van der Waals surface area contributed by atoms with E-state index in [1.54, 1.807) is 18.3 Å². The summed E-state index contributed by atoms with van der Waals surface area (Å²) in [6, 6.07) is 3.40. The number of rotatable bonds is 4. The van der Waals surface area contributed by atoms with Gasteiger partial charge in [-0.3, -0.25) is 9.59 Å². The molecule has 0 aromatic carbocycles. The molecule has 6 nitrogen and oxygen atoms in total. The molecule has 0 spiro atoms. The third-order valence-electron chi connectivity index (χ3n) is 2.98. The highest BCUT2D eigenvalue weighted by Crippen LogP contribution is 2.08. The van der Waals surface area contributed by atoms with E-state index in [0.29, 0.717) is 30.8 Å². The predicted molar refractivity (Wildman–Crippen MR) is 71.9 cm³/mol. The smallest absolute Gasteiger partial charge is 0.251 e. The van der Waals surface area contributed by atoms with Gasteiger partial charge < -0.3 is 16.0 Å². The molecule has 2 heterocycles. The highest BCUT2D eigenvalue weighted by molar-refractivity contribution is 5.95. The van der Waals surface area contributed by atoms with Crippen LogP contribution in [0.15, 0.2) is 18.3 Å². The van der Waals surface area contributed by atoms with Crippen LogP contribution in [0.25, 0.3) is 0 Å². The molecule has 2 amide bonds. The lowest BCUT2D eigenvalue weighted by molar-refractivity contribution is -0.122. The molecule has 1 atom stereocenters. The first-order valence-electron chi connectivity index (χ1n) is 6.46. The van der Waals surface area contributed by atoms with E-state index in [4.69, 9.17) is 0 Å². The second kappa shape index (κ2) is 6.17. The van der Waals surface area contributed by atoms with Crippen molar-refractivity contribution in [3.05, 3.63) is 23.9 Å². The Morgan fingerprint density at radius 1 is 1.58 bits per heavy atom. The molecule has 2 rings (SSSR count). The molecule has 6 heteroatoms. The predicted octanol–water partition coefficient (Wildman–Crippen LogP) is 0.522. The Balaban J connectivity index is 1.95. The largest absolute Gasteiger partial charge is 0.370 e. The van der Waals surface area contributed by atoms with E-state index in [0.717, 1.165) is 6.54 Å². The lowest BCUT2D eigenvalue weighted by atomic mass is 10.1. The van der Waals surface area contributed by atoms with Gasteiger partial charge in [-0.25, -0.2) is 4.98 Å². The standard InChI is InChI=1S/C13H18N4O2/c1-2-14-11-7-9(5-6-15-11)13(19)17-10-3-4-12(18)16-8-10/h5-7,10H,2-4,8H2,1H3,(H,14,15)(H,16,18)(H,17,19). The fourth-order valence-corrected chi connectivity index (χ4v) is 1.97. The Hall–Kier alpha value is -2.11. The van der Waals surface area contributed by atoms with Crippen molar-refractivity contribution in [2.45, 2.75) is 25.8 Å². The maximum absolute atomic E-state index is 12.1. The molecule has 1 aromatic heterocycles. The molecule has 0 radical (unpaired) electrons. The number of carbonyl (C=O) groups is 2. The molecule has 1 aromatic rings. The molecular formula is C13H18N4O2. The SMILES string of the molecule is CCNc1cc(C(=O)NC2CCC(=O)NC2)ccn1. The van der Waals surface area contributed by atoms with Crippen LogP contribution in [-0.4, -0.2) is 35.9 Å². The number of amides is 2. The Morgan fingerprint density at radius 3 is 3.11 bits per heavy atom. The number of hydrogen-bond acceptors (Lipinski definition) is 4. The number of carbonyl (C=O) groups excluding carboxylic acids is 2. The van der Waals surface area contributed by atoms with Crippen LogP contribution < -0.4 is 16.0 Å². The third-order valence-corrected chi connectivity index (χ3v) is 2.98. The molecule has 0 aliphatic carbocycles. The van der Waals surface area contributed by atoms with Gasteiger partial charge >= 0.3 is 0 Å². The van der Waals surface area contributed by atoms with Gasteiger partial charge in [-0.1, -0.05) is 0 Å². The van der Waals surface area contributed by atoms with Gasteiger partial charge in [-0.2, -0.15) is 0 Å². The number of anilines is 1. The van der Waals surface area contributed by atoms with E-state index in [-0.39, 0.29) is 17.9 Å². The molecule has 1 aliphatic heterocycles. The monoisotopic (exact) mass is 262 g/mol. The zero-order valence-corrected chi connectivity index (χ0v) is 10.9. The van der Waals surface area contributed by atoms with E-state index < -0.39 is 0 Å². The minimum absolute atomic E-state index is 0.000879. The van der Waals surface area contributed by atoms with Crippen LogP contribution in [0.2, 0.25) is 0 Å². The number of nitrogens with zero attached hydrogens (tertiary/aromatic N) is 1. The molecule has 0 saturated carbocycles. The third kappa shape index (κ3) is 3.67. The first-order chi connectivity index (χ1) is 9.19. The van der Waals surface area contributed by atoms with E-state index in [1.807, 2.05) is 6.92 Å². The Kier molecular flexibility index (Phi) is 4.33. The number of aromatic nitrogens is 1. The second-order valence-electron chi connectivity index (χ2n) is 4.47. The highest BCUT2D eigenvalue weighted by Gasteiger charge is 2.20. The van der Waals surface area contributed by atoms with Crippen molar-refractivity contribution >= 4 is 17.6 Å². The molecular weight excluding hydrogens is 244 g/mol. The summed E-state index contributed by atoms with van der Waals surface area (Å²) in [6.45, 7) is 3.22. The summed E-state index contributed by atoms with van der Waals surface area (Å²) >= 11 is 0. The lowest BCUT2D eigenvalue weighted by Gasteiger charge is -2.23. The first-order valence-corrected chi connectivity index (χ1v) is 6.46. The van der Waals surface area contributed by atoms with Crippen LogP contribution in [0.4, 0.5) is 5.82 Å². The first kappa shape index (κ1) is 13.3. The summed E-state index contributed by atoms with van der Waals surface area (Å²) in [5.41, 5.74) is 0.572. The molecule has 0 bridgehead atoms. The molecule has 1 aliphatic rings. The molecule has 1 fully saturated rings. The topological polar surface area (TPSA) is 83.1 Å². The molecule has 19 heavy (non-hydrogen) atoms. The molecule has 1 unspecified atom stereocenters. The molecule has 102 valence electrons. The molecule has 3 N–H and O–H groups in total. The van der Waals surface area contributed by atoms with Gasteiger partial charge in [0.15, 0.2) is 0 Å². The minimum Gasteiger partial charge on any atom is -0.370 e. The van der Waals surface area contributed by atoms with Crippen molar-refractivity contribution in [2.75, 3.05) is 18.4 Å². The second-order valence-corrected chi connectivity index (χ2v) is 4.47. The normalized spacial score (nSPS) is 18.6. The summed E-state index contributed by atoms with van der Waals surface area (Å²) in [4.78, 5) is 27.2. The average Bonchev–Trinajstić information content (AvgIpc) is 2.42. The van der Waals surface area contributed by atoms with Crippen molar-refractivity contribution in [3.8, 4) is 0 Å². The zero-order chi connectivity index (χ0) is 13.7. The van der Waals surface area contributed by atoms with Crippen molar-refractivity contribution in [2.24, 2.45) is 0 Å². The van der Waals surface area contributed by atoms with Gasteiger partial charge in [0.2, 0.25) is 5.91 Å². The Bertz CT molecular complexity index is 465. The summed E-state index contributed by atoms with van der Waals surface area (Å²) in [5, 5.41) is 8.72. The summed E-state index contributed by atoms with van der Waals surface area (Å²) in [7, 11) is 0. The highest BCUT2D eigenvalue weighted by atomic mass is 16.2. The van der Waals surface area contributed by atoms with Gasteiger partial charge in [0.05, 0.1) is 0 Å². The van der Waals surface area contributed by atoms with Crippen molar-refractivity contribution in [3.63, 3.8) is 0 Å². The van der Waals surface area contributed by atoms with Crippen molar-refractivity contribution < 1.29 is 9.59 Å². The Labute approximate surface area is 112 Å². The summed E-state index contributed by atoms with van der Waals surface area (Å²) < 4.78 is 0. The van der Waals surface area contributed by atoms with Crippen LogP contribution in [0.3, 0.4) is 0 Å². The van der Waals surface area contributed by atoms with E-state index in [2.05, 4.69) is 20.9 Å². The minimum atomic E-state index is -0.136. The average molecular weight is 262 g/mol. The number of piperidine rings is 1. The van der Waals surface area contributed by atoms with Crippen LogP contribution >= 0.6 is 0 Å². The summed E-state index contributed by atoms with van der Waals surface area (Å²) in [6.07, 6.45) is 2.75. The summed E-state index contributed by atoms with van der Waals surface area (Å²) in [5.74, 6) is 0.596. The van der Waals surface area contributed by atoms with Crippen LogP contribution in [0.1, 0.15) is 30.1 Å². The van der Waals surface area contributed by atoms with Crippen molar-refractivity contribution in [1.82, 2.24) is 15.6 Å². The van der Waals surface area contributed by atoms with Gasteiger partial charge in [0.25, 0.3) is 5.91 Å². The van der Waals surface area contributed by atoms with E-state index >= 15 is 0 Å².